The Bertz CT molecular complexity index is 483. The predicted molar refractivity (Wildman–Crippen MR) is 68.8 cm³/mol. The predicted octanol–water partition coefficient (Wildman–Crippen LogP) is 3.90. The highest BCUT2D eigenvalue weighted by molar-refractivity contribution is 6.31. The first-order valence-electron chi connectivity index (χ1n) is 5.58. The molecule has 0 saturated carbocycles. The summed E-state index contributed by atoms with van der Waals surface area (Å²) in [6.45, 7) is 1.85. The van der Waals surface area contributed by atoms with Crippen LogP contribution in [0, 0.1) is 0 Å². The van der Waals surface area contributed by atoms with Crippen molar-refractivity contribution in [3.8, 4) is 0 Å². The summed E-state index contributed by atoms with van der Waals surface area (Å²) >= 11 is 5.51. The van der Waals surface area contributed by atoms with Crippen LogP contribution in [0.2, 0.25) is 5.02 Å². The van der Waals surface area contributed by atoms with Crippen molar-refractivity contribution in [2.24, 2.45) is 0 Å². The lowest BCUT2D eigenvalue weighted by Crippen LogP contribution is -2.20. The minimum atomic E-state index is -4.46. The summed E-state index contributed by atoms with van der Waals surface area (Å²) in [5, 5.41) is 2.27. The average Bonchev–Trinajstić information content (AvgIpc) is 2.28. The van der Waals surface area contributed by atoms with Crippen LogP contribution in [-0.2, 0) is 11.0 Å². The van der Waals surface area contributed by atoms with Crippen LogP contribution in [0.5, 0.6) is 0 Å². The van der Waals surface area contributed by atoms with Gasteiger partial charge in [-0.15, -0.1) is 0 Å². The van der Waals surface area contributed by atoms with Crippen LogP contribution in [-0.4, -0.2) is 12.5 Å². The van der Waals surface area contributed by atoms with Gasteiger partial charge in [0.1, 0.15) is 0 Å². The van der Waals surface area contributed by atoms with Gasteiger partial charge in [0, 0.05) is 13.5 Å². The van der Waals surface area contributed by atoms with E-state index in [2.05, 4.69) is 5.32 Å². The quantitative estimate of drug-likeness (QED) is 0.838. The zero-order valence-corrected chi connectivity index (χ0v) is 11.0. The first-order chi connectivity index (χ1) is 8.80. The molecule has 1 N–H and O–H groups in total. The topological polar surface area (TPSA) is 29.1 Å². The molecule has 104 valence electrons. The molecule has 0 aliphatic heterocycles. The molecule has 0 saturated heterocycles. The molecule has 1 aromatic carbocycles. The molecule has 0 aliphatic carbocycles. The number of rotatable bonds is 4. The lowest BCUT2D eigenvalue weighted by molar-refractivity contribution is -0.137. The SMILES string of the molecule is CC(=O)NCCC=Cc1ccc(Cl)c(C(F)(F)F)c1. The molecule has 0 atom stereocenters. The van der Waals surface area contributed by atoms with Crippen LogP contribution >= 0.6 is 11.6 Å². The second-order valence-corrected chi connectivity index (χ2v) is 4.32. The van der Waals surface area contributed by atoms with Gasteiger partial charge in [-0.1, -0.05) is 29.8 Å². The van der Waals surface area contributed by atoms with Crippen molar-refractivity contribution in [1.82, 2.24) is 5.32 Å². The number of nitrogens with one attached hydrogen (secondary N) is 1. The van der Waals surface area contributed by atoms with E-state index >= 15 is 0 Å². The second kappa shape index (κ2) is 6.61. The molecule has 0 fully saturated rings. The Kier molecular flexibility index (Phi) is 5.42. The second-order valence-electron chi connectivity index (χ2n) is 3.91. The van der Waals surface area contributed by atoms with Gasteiger partial charge in [-0.2, -0.15) is 13.2 Å². The van der Waals surface area contributed by atoms with Crippen LogP contribution in [0.4, 0.5) is 13.2 Å². The Morgan fingerprint density at radius 2 is 2.11 bits per heavy atom. The Morgan fingerprint density at radius 3 is 2.68 bits per heavy atom. The summed E-state index contributed by atoms with van der Waals surface area (Å²) in [4.78, 5) is 10.6. The van der Waals surface area contributed by atoms with Crippen molar-refractivity contribution in [3.63, 3.8) is 0 Å². The summed E-state index contributed by atoms with van der Waals surface area (Å²) in [7, 11) is 0. The third kappa shape index (κ3) is 5.34. The lowest BCUT2D eigenvalue weighted by Gasteiger charge is -2.09. The van der Waals surface area contributed by atoms with Gasteiger partial charge in [-0.25, -0.2) is 0 Å². The van der Waals surface area contributed by atoms with Gasteiger partial charge >= 0.3 is 6.18 Å². The van der Waals surface area contributed by atoms with E-state index in [-0.39, 0.29) is 10.9 Å². The maximum absolute atomic E-state index is 12.6. The third-order valence-corrected chi connectivity index (χ3v) is 2.62. The molecular formula is C13H13ClF3NO. The highest BCUT2D eigenvalue weighted by Crippen LogP contribution is 2.35. The first kappa shape index (κ1) is 15.6. The van der Waals surface area contributed by atoms with Crippen LogP contribution in [0.1, 0.15) is 24.5 Å². The van der Waals surface area contributed by atoms with Gasteiger partial charge in [0.2, 0.25) is 5.91 Å². The Hall–Kier alpha value is -1.49. The van der Waals surface area contributed by atoms with Crippen molar-refractivity contribution in [2.45, 2.75) is 19.5 Å². The lowest BCUT2D eigenvalue weighted by atomic mass is 10.1. The fraction of sp³-hybridized carbons (Fsp3) is 0.308. The molecular weight excluding hydrogens is 279 g/mol. The van der Waals surface area contributed by atoms with Crippen LogP contribution in [0.3, 0.4) is 0 Å². The summed E-state index contributed by atoms with van der Waals surface area (Å²) < 4.78 is 37.8. The van der Waals surface area contributed by atoms with Gasteiger partial charge in [0.15, 0.2) is 0 Å². The van der Waals surface area contributed by atoms with E-state index in [1.54, 1.807) is 12.2 Å². The molecule has 6 heteroatoms. The number of carbonyl (C=O) groups is 1. The number of carbonyl (C=O) groups excluding carboxylic acids is 1. The Morgan fingerprint density at radius 1 is 1.42 bits per heavy atom. The third-order valence-electron chi connectivity index (χ3n) is 2.29. The summed E-state index contributed by atoms with van der Waals surface area (Å²) in [6, 6.07) is 3.72. The fourth-order valence-corrected chi connectivity index (χ4v) is 1.64. The molecule has 1 aromatic rings. The minimum Gasteiger partial charge on any atom is -0.356 e. The first-order valence-corrected chi connectivity index (χ1v) is 5.96. The zero-order chi connectivity index (χ0) is 14.5. The summed E-state index contributed by atoms with van der Waals surface area (Å²) in [5.41, 5.74) is -0.433. The van der Waals surface area contributed by atoms with Crippen molar-refractivity contribution in [2.75, 3.05) is 6.54 Å². The number of amides is 1. The maximum atomic E-state index is 12.6. The molecule has 0 unspecified atom stereocenters. The van der Waals surface area contributed by atoms with Crippen molar-refractivity contribution in [1.29, 1.82) is 0 Å². The normalized spacial score (nSPS) is 11.8. The maximum Gasteiger partial charge on any atom is 0.417 e. The van der Waals surface area contributed by atoms with E-state index in [9.17, 15) is 18.0 Å². The van der Waals surface area contributed by atoms with E-state index in [0.29, 0.717) is 18.5 Å². The Balaban J connectivity index is 2.70. The molecule has 0 bridgehead atoms. The standard InChI is InChI=1S/C13H13ClF3NO/c1-9(19)18-7-3-2-4-10-5-6-12(14)11(8-10)13(15,16)17/h2,4-6,8H,3,7H2,1H3,(H,18,19). The largest absolute Gasteiger partial charge is 0.417 e. The molecule has 1 amide bonds. The van der Waals surface area contributed by atoms with Gasteiger partial charge in [0.05, 0.1) is 10.6 Å². The molecule has 0 radical (unpaired) electrons. The van der Waals surface area contributed by atoms with Gasteiger partial charge in [-0.05, 0) is 24.1 Å². The fourth-order valence-electron chi connectivity index (χ4n) is 1.41. The van der Waals surface area contributed by atoms with Crippen LogP contribution in [0.15, 0.2) is 24.3 Å². The smallest absolute Gasteiger partial charge is 0.356 e. The van der Waals surface area contributed by atoms with Crippen molar-refractivity contribution < 1.29 is 18.0 Å². The molecule has 0 aliphatic rings. The van der Waals surface area contributed by atoms with Crippen LogP contribution < -0.4 is 5.32 Å². The molecule has 0 heterocycles. The average molecular weight is 292 g/mol. The highest BCUT2D eigenvalue weighted by Gasteiger charge is 2.33. The van der Waals surface area contributed by atoms with Gasteiger partial charge in [0.25, 0.3) is 0 Å². The molecule has 0 aromatic heterocycles. The van der Waals surface area contributed by atoms with Crippen molar-refractivity contribution >= 4 is 23.6 Å². The molecule has 2 nitrogen and oxygen atoms in total. The zero-order valence-electron chi connectivity index (χ0n) is 10.2. The van der Waals surface area contributed by atoms with Gasteiger partial charge < -0.3 is 5.32 Å². The van der Waals surface area contributed by atoms with E-state index in [0.717, 1.165) is 6.07 Å². The molecule has 0 spiro atoms. The van der Waals surface area contributed by atoms with E-state index in [1.807, 2.05) is 0 Å². The summed E-state index contributed by atoms with van der Waals surface area (Å²) in [5.74, 6) is -0.140. The number of benzene rings is 1. The molecule has 1 rings (SSSR count). The van der Waals surface area contributed by atoms with E-state index in [4.69, 9.17) is 11.6 Å². The van der Waals surface area contributed by atoms with Gasteiger partial charge in [-0.3, -0.25) is 4.79 Å². The van der Waals surface area contributed by atoms with Crippen molar-refractivity contribution in [3.05, 3.63) is 40.4 Å². The van der Waals surface area contributed by atoms with E-state index in [1.165, 1.54) is 19.1 Å². The van der Waals surface area contributed by atoms with Crippen LogP contribution in [0.25, 0.3) is 6.08 Å². The number of hydrogen-bond donors (Lipinski definition) is 1. The highest BCUT2D eigenvalue weighted by atomic mass is 35.5. The number of hydrogen-bond acceptors (Lipinski definition) is 1. The number of halogens is 4. The minimum absolute atomic E-state index is 0.140. The molecule has 19 heavy (non-hydrogen) atoms. The summed E-state index contributed by atoms with van der Waals surface area (Å²) in [6.07, 6.45) is -0.659. The van der Waals surface area contributed by atoms with E-state index < -0.39 is 11.7 Å². The monoisotopic (exact) mass is 291 g/mol. The Labute approximate surface area is 114 Å². The number of alkyl halides is 3.